The second kappa shape index (κ2) is 4.87. The second-order valence-electron chi connectivity index (χ2n) is 5.29. The number of carbonyl (C=O) groups is 2. The topological polar surface area (TPSA) is 86.4 Å². The Morgan fingerprint density at radius 1 is 1.57 bits per heavy atom. The summed E-state index contributed by atoms with van der Waals surface area (Å²) in [6.07, 6.45) is -0.259. The molecule has 1 saturated carbocycles. The highest BCUT2D eigenvalue weighted by atomic mass is 19.1. The van der Waals surface area contributed by atoms with E-state index in [1.54, 1.807) is 0 Å². The SMILES string of the molecule is CNC(=O)O[C@@H]1OC=C(C(=O)OC)[C@H]2C[C@@H]3O[C@]3(CF)[C@H]12. The predicted octanol–water partition coefficient (Wildman–Crippen LogP) is 0.499. The first-order valence-corrected chi connectivity index (χ1v) is 6.63. The minimum atomic E-state index is -1.03. The maximum Gasteiger partial charge on any atom is 0.409 e. The highest BCUT2D eigenvalue weighted by Crippen LogP contribution is 2.61. The lowest BCUT2D eigenvalue weighted by atomic mass is 9.82. The molecule has 0 aromatic carbocycles. The fourth-order valence-corrected chi connectivity index (χ4v) is 3.33. The van der Waals surface area contributed by atoms with Crippen molar-refractivity contribution in [2.45, 2.75) is 24.4 Å². The molecule has 0 spiro atoms. The lowest BCUT2D eigenvalue weighted by Crippen LogP contribution is -2.46. The molecule has 1 aliphatic carbocycles. The second-order valence-corrected chi connectivity index (χ2v) is 5.29. The summed E-state index contributed by atoms with van der Waals surface area (Å²) < 4.78 is 34.0. The van der Waals surface area contributed by atoms with Crippen molar-refractivity contribution >= 4 is 12.1 Å². The van der Waals surface area contributed by atoms with Gasteiger partial charge in [0.25, 0.3) is 6.29 Å². The normalized spacial score (nSPS) is 39.3. The van der Waals surface area contributed by atoms with E-state index in [0.717, 1.165) is 0 Å². The Bertz CT molecular complexity index is 505. The molecule has 0 aromatic heterocycles. The Morgan fingerprint density at radius 3 is 2.95 bits per heavy atom. The minimum Gasteiger partial charge on any atom is -0.466 e. The van der Waals surface area contributed by atoms with E-state index in [2.05, 4.69) is 5.32 Å². The van der Waals surface area contributed by atoms with Gasteiger partial charge in [0.2, 0.25) is 0 Å². The largest absolute Gasteiger partial charge is 0.466 e. The van der Waals surface area contributed by atoms with Crippen molar-refractivity contribution in [3.63, 3.8) is 0 Å². The third-order valence-electron chi connectivity index (χ3n) is 4.39. The molecule has 8 heteroatoms. The Hall–Kier alpha value is -1.83. The van der Waals surface area contributed by atoms with Gasteiger partial charge in [0.15, 0.2) is 0 Å². The van der Waals surface area contributed by atoms with Crippen molar-refractivity contribution in [2.75, 3.05) is 20.8 Å². The first kappa shape index (κ1) is 14.1. The van der Waals surface area contributed by atoms with Gasteiger partial charge in [-0.25, -0.2) is 14.0 Å². The molecule has 3 rings (SSSR count). The Labute approximate surface area is 120 Å². The number of fused-ring (bicyclic) bond motifs is 3. The van der Waals surface area contributed by atoms with Crippen LogP contribution in [0.3, 0.4) is 0 Å². The first-order chi connectivity index (χ1) is 10.1. The number of nitrogens with one attached hydrogen (secondary N) is 1. The van der Waals surface area contributed by atoms with E-state index in [1.807, 2.05) is 0 Å². The van der Waals surface area contributed by atoms with Crippen LogP contribution >= 0.6 is 0 Å². The summed E-state index contributed by atoms with van der Waals surface area (Å²) in [6, 6.07) is 0. The molecule has 116 valence electrons. The zero-order chi connectivity index (χ0) is 15.2. The van der Waals surface area contributed by atoms with Gasteiger partial charge >= 0.3 is 12.1 Å². The molecule has 0 bridgehead atoms. The van der Waals surface area contributed by atoms with Crippen molar-refractivity contribution in [3.8, 4) is 0 Å². The summed E-state index contributed by atoms with van der Waals surface area (Å²) in [4.78, 5) is 23.2. The van der Waals surface area contributed by atoms with E-state index < -0.39 is 36.5 Å². The van der Waals surface area contributed by atoms with Crippen LogP contribution in [0.15, 0.2) is 11.8 Å². The van der Waals surface area contributed by atoms with Gasteiger partial charge in [0, 0.05) is 13.0 Å². The molecular formula is C13H16FNO6. The lowest BCUT2D eigenvalue weighted by molar-refractivity contribution is -0.152. The van der Waals surface area contributed by atoms with Crippen LogP contribution in [0.25, 0.3) is 0 Å². The van der Waals surface area contributed by atoms with E-state index in [0.29, 0.717) is 12.0 Å². The van der Waals surface area contributed by atoms with Gasteiger partial charge in [0.1, 0.15) is 12.3 Å². The smallest absolute Gasteiger partial charge is 0.409 e. The molecule has 0 radical (unpaired) electrons. The number of carbonyl (C=O) groups excluding carboxylic acids is 2. The van der Waals surface area contributed by atoms with Crippen molar-refractivity contribution < 1.29 is 32.9 Å². The summed E-state index contributed by atoms with van der Waals surface area (Å²) in [6.45, 7) is -0.718. The average Bonchev–Trinajstić information content (AvgIpc) is 3.11. The molecule has 1 N–H and O–H groups in total. The molecule has 3 aliphatic rings. The molecule has 0 aromatic rings. The zero-order valence-corrected chi connectivity index (χ0v) is 11.6. The summed E-state index contributed by atoms with van der Waals surface area (Å²) in [5, 5.41) is 2.31. The van der Waals surface area contributed by atoms with Crippen LogP contribution < -0.4 is 5.32 Å². The molecule has 1 saturated heterocycles. The Morgan fingerprint density at radius 2 is 2.33 bits per heavy atom. The number of methoxy groups -OCH3 is 1. The number of hydrogen-bond acceptors (Lipinski definition) is 6. The molecule has 5 atom stereocenters. The van der Waals surface area contributed by atoms with Crippen molar-refractivity contribution in [1.29, 1.82) is 0 Å². The summed E-state index contributed by atoms with van der Waals surface area (Å²) in [7, 11) is 2.68. The number of epoxide rings is 1. The number of esters is 1. The van der Waals surface area contributed by atoms with E-state index in [4.69, 9.17) is 18.9 Å². The average molecular weight is 301 g/mol. The minimum absolute atomic E-state index is 0.289. The Balaban J connectivity index is 1.89. The zero-order valence-electron chi connectivity index (χ0n) is 11.6. The molecule has 2 aliphatic heterocycles. The number of hydrogen-bond donors (Lipinski definition) is 1. The molecule has 2 fully saturated rings. The number of halogens is 1. The molecule has 1 amide bonds. The van der Waals surface area contributed by atoms with Crippen molar-refractivity contribution in [1.82, 2.24) is 5.32 Å². The van der Waals surface area contributed by atoms with Crippen LogP contribution in [-0.2, 0) is 23.7 Å². The summed E-state index contributed by atoms with van der Waals surface area (Å²) >= 11 is 0. The predicted molar refractivity (Wildman–Crippen MR) is 65.7 cm³/mol. The molecule has 0 unspecified atom stereocenters. The van der Waals surface area contributed by atoms with Gasteiger partial charge < -0.3 is 24.3 Å². The van der Waals surface area contributed by atoms with Crippen LogP contribution in [0.2, 0.25) is 0 Å². The van der Waals surface area contributed by atoms with E-state index in [-0.39, 0.29) is 12.0 Å². The van der Waals surface area contributed by atoms with Crippen LogP contribution in [0.1, 0.15) is 6.42 Å². The third-order valence-corrected chi connectivity index (χ3v) is 4.39. The standard InChI is InChI=1S/C13H16FNO6/c1-15-12(17)20-11-9-6(3-8-13(9,5-14)21-8)7(4-19-11)10(16)18-2/h4,6,8-9,11H,3,5H2,1-2H3,(H,15,17)/t6-,8+,9+,11+,13+/m1/s1. The van der Waals surface area contributed by atoms with Gasteiger partial charge in [-0.15, -0.1) is 0 Å². The number of alkyl halides is 1. The lowest BCUT2D eigenvalue weighted by Gasteiger charge is -2.35. The molecular weight excluding hydrogens is 285 g/mol. The van der Waals surface area contributed by atoms with E-state index in [9.17, 15) is 14.0 Å². The van der Waals surface area contributed by atoms with Crippen LogP contribution in [0.5, 0.6) is 0 Å². The number of rotatable bonds is 3. The molecule has 2 heterocycles. The van der Waals surface area contributed by atoms with Gasteiger partial charge in [-0.3, -0.25) is 0 Å². The van der Waals surface area contributed by atoms with Crippen molar-refractivity contribution in [3.05, 3.63) is 11.8 Å². The van der Waals surface area contributed by atoms with Gasteiger partial charge in [0.05, 0.1) is 31.0 Å². The number of alkyl carbamates (subject to hydrolysis) is 1. The van der Waals surface area contributed by atoms with Crippen LogP contribution in [0, 0.1) is 11.8 Å². The molecule has 7 nitrogen and oxygen atoms in total. The summed E-state index contributed by atoms with van der Waals surface area (Å²) in [5.74, 6) is -1.40. The van der Waals surface area contributed by atoms with Crippen LogP contribution in [0.4, 0.5) is 9.18 Å². The van der Waals surface area contributed by atoms with Gasteiger partial charge in [-0.05, 0) is 6.42 Å². The third kappa shape index (κ3) is 1.97. The maximum atomic E-state index is 13.4. The fourth-order valence-electron chi connectivity index (χ4n) is 3.33. The van der Waals surface area contributed by atoms with Gasteiger partial charge in [-0.2, -0.15) is 0 Å². The quantitative estimate of drug-likeness (QED) is 0.603. The highest BCUT2D eigenvalue weighted by Gasteiger charge is 2.73. The van der Waals surface area contributed by atoms with Gasteiger partial charge in [-0.1, -0.05) is 0 Å². The fraction of sp³-hybridized carbons (Fsp3) is 0.692. The summed E-state index contributed by atoms with van der Waals surface area (Å²) in [5.41, 5.74) is -0.709. The van der Waals surface area contributed by atoms with E-state index in [1.165, 1.54) is 20.4 Å². The van der Waals surface area contributed by atoms with E-state index >= 15 is 0 Å². The maximum absolute atomic E-state index is 13.4. The number of ether oxygens (including phenoxy) is 4. The monoisotopic (exact) mass is 301 g/mol. The Kier molecular flexibility index (Phi) is 3.27. The van der Waals surface area contributed by atoms with Crippen molar-refractivity contribution in [2.24, 2.45) is 11.8 Å². The highest BCUT2D eigenvalue weighted by molar-refractivity contribution is 5.89. The first-order valence-electron chi connectivity index (χ1n) is 6.63. The van der Waals surface area contributed by atoms with Crippen LogP contribution in [-0.4, -0.2) is 50.9 Å². The molecule has 21 heavy (non-hydrogen) atoms. The number of amides is 1.